The van der Waals surface area contributed by atoms with E-state index in [1.54, 1.807) is 0 Å². The zero-order valence-electron chi connectivity index (χ0n) is 9.87. The molecule has 0 aliphatic carbocycles. The highest BCUT2D eigenvalue weighted by Crippen LogP contribution is 2.28. The van der Waals surface area contributed by atoms with Gasteiger partial charge in [-0.1, -0.05) is 0 Å². The summed E-state index contributed by atoms with van der Waals surface area (Å²) < 4.78 is 39.7. The Labute approximate surface area is 107 Å². The van der Waals surface area contributed by atoms with Crippen LogP contribution in [-0.2, 0) is 0 Å². The molecule has 1 aromatic rings. The molecule has 1 saturated heterocycles. The van der Waals surface area contributed by atoms with Crippen LogP contribution in [0.15, 0.2) is 6.07 Å². The normalized spacial score (nSPS) is 18.9. The number of aliphatic hydroxyl groups is 1. The van der Waals surface area contributed by atoms with Crippen LogP contribution in [-0.4, -0.2) is 40.2 Å². The molecule has 104 valence electrons. The van der Waals surface area contributed by atoms with E-state index in [0.29, 0.717) is 25.5 Å². The van der Waals surface area contributed by atoms with Gasteiger partial charge in [-0.05, 0) is 18.9 Å². The lowest BCUT2D eigenvalue weighted by Crippen LogP contribution is -2.38. The molecule has 0 aromatic heterocycles. The highest BCUT2D eigenvalue weighted by molar-refractivity contribution is 5.95. The predicted molar refractivity (Wildman–Crippen MR) is 59.1 cm³/mol. The van der Waals surface area contributed by atoms with Gasteiger partial charge in [-0.3, -0.25) is 4.79 Å². The summed E-state index contributed by atoms with van der Waals surface area (Å²) in [4.78, 5) is 13.2. The van der Waals surface area contributed by atoms with Crippen LogP contribution in [0.3, 0.4) is 0 Å². The number of phenols is 1. The second-order valence-corrected chi connectivity index (χ2v) is 4.36. The molecule has 1 aliphatic rings. The summed E-state index contributed by atoms with van der Waals surface area (Å²) in [5, 5.41) is 18.2. The van der Waals surface area contributed by atoms with Crippen molar-refractivity contribution < 1.29 is 28.2 Å². The second kappa shape index (κ2) is 5.08. The van der Waals surface area contributed by atoms with Crippen molar-refractivity contribution in [3.05, 3.63) is 29.1 Å². The molecule has 1 heterocycles. The maximum absolute atomic E-state index is 13.6. The minimum atomic E-state index is -1.73. The van der Waals surface area contributed by atoms with Gasteiger partial charge < -0.3 is 15.1 Å². The molecule has 1 aromatic carbocycles. The number of aliphatic hydroxyl groups excluding tert-OH is 1. The molecule has 0 spiro atoms. The van der Waals surface area contributed by atoms with Gasteiger partial charge in [0, 0.05) is 6.54 Å². The van der Waals surface area contributed by atoms with Crippen molar-refractivity contribution in [2.24, 2.45) is 0 Å². The standard InChI is InChI=1S/C12H12F3NO3/c13-8-4-7(9(14)11(18)10(8)15)12(19)16-3-1-2-6(16)5-17/h4,6,17-18H,1-3,5H2. The summed E-state index contributed by atoms with van der Waals surface area (Å²) in [5.74, 6) is -7.10. The highest BCUT2D eigenvalue weighted by Gasteiger charge is 2.32. The lowest BCUT2D eigenvalue weighted by molar-refractivity contribution is 0.0671. The number of benzene rings is 1. The topological polar surface area (TPSA) is 60.8 Å². The Balaban J connectivity index is 2.39. The summed E-state index contributed by atoms with van der Waals surface area (Å²) >= 11 is 0. The highest BCUT2D eigenvalue weighted by atomic mass is 19.2. The zero-order chi connectivity index (χ0) is 14.2. The van der Waals surface area contributed by atoms with Crippen molar-refractivity contribution in [2.45, 2.75) is 18.9 Å². The van der Waals surface area contributed by atoms with E-state index in [0.717, 1.165) is 0 Å². The molecule has 2 N–H and O–H groups in total. The number of rotatable bonds is 2. The lowest BCUT2D eigenvalue weighted by Gasteiger charge is -2.23. The second-order valence-electron chi connectivity index (χ2n) is 4.36. The lowest BCUT2D eigenvalue weighted by atomic mass is 10.1. The van der Waals surface area contributed by atoms with Crippen LogP contribution in [0.25, 0.3) is 0 Å². The first-order chi connectivity index (χ1) is 8.97. The number of carbonyl (C=O) groups excluding carboxylic acids is 1. The van der Waals surface area contributed by atoms with Crippen LogP contribution in [0.1, 0.15) is 23.2 Å². The summed E-state index contributed by atoms with van der Waals surface area (Å²) in [6.45, 7) is 0.00623. The summed E-state index contributed by atoms with van der Waals surface area (Å²) in [7, 11) is 0. The van der Waals surface area contributed by atoms with Crippen LogP contribution in [0.4, 0.5) is 13.2 Å². The number of hydrogen-bond acceptors (Lipinski definition) is 3. The van der Waals surface area contributed by atoms with E-state index in [9.17, 15) is 18.0 Å². The molecule has 1 aliphatic heterocycles. The third kappa shape index (κ3) is 2.25. The van der Waals surface area contributed by atoms with Crippen molar-refractivity contribution in [3.8, 4) is 5.75 Å². The first-order valence-electron chi connectivity index (χ1n) is 5.75. The molecule has 19 heavy (non-hydrogen) atoms. The number of nitrogens with zero attached hydrogens (tertiary/aromatic N) is 1. The van der Waals surface area contributed by atoms with Gasteiger partial charge in [0.25, 0.3) is 5.91 Å². The van der Waals surface area contributed by atoms with Crippen LogP contribution < -0.4 is 0 Å². The third-order valence-electron chi connectivity index (χ3n) is 3.21. The molecule has 4 nitrogen and oxygen atoms in total. The molecule has 0 saturated carbocycles. The van der Waals surface area contributed by atoms with E-state index in [4.69, 9.17) is 10.2 Å². The fraction of sp³-hybridized carbons (Fsp3) is 0.417. The molecule has 1 fully saturated rings. The van der Waals surface area contributed by atoms with Crippen molar-refractivity contribution >= 4 is 5.91 Å². The largest absolute Gasteiger partial charge is 0.503 e. The van der Waals surface area contributed by atoms with Gasteiger partial charge >= 0.3 is 0 Å². The van der Waals surface area contributed by atoms with Gasteiger partial charge in [0.05, 0.1) is 18.2 Å². The molecule has 0 radical (unpaired) electrons. The van der Waals surface area contributed by atoms with E-state index in [-0.39, 0.29) is 6.61 Å². The van der Waals surface area contributed by atoms with Gasteiger partial charge in [-0.2, -0.15) is 4.39 Å². The van der Waals surface area contributed by atoms with Crippen LogP contribution >= 0.6 is 0 Å². The fourth-order valence-electron chi connectivity index (χ4n) is 2.19. The van der Waals surface area contributed by atoms with Gasteiger partial charge in [0.15, 0.2) is 17.4 Å². The number of likely N-dealkylation sites (tertiary alicyclic amines) is 1. The number of halogens is 3. The zero-order valence-corrected chi connectivity index (χ0v) is 9.87. The number of hydrogen-bond donors (Lipinski definition) is 2. The smallest absolute Gasteiger partial charge is 0.257 e. The molecule has 7 heteroatoms. The summed E-state index contributed by atoms with van der Waals surface area (Å²) in [5.41, 5.74) is -0.739. The summed E-state index contributed by atoms with van der Waals surface area (Å²) in [6, 6.07) is -0.0541. The molecule has 1 atom stereocenters. The van der Waals surface area contributed by atoms with Crippen molar-refractivity contribution in [3.63, 3.8) is 0 Å². The first-order valence-corrected chi connectivity index (χ1v) is 5.75. The van der Waals surface area contributed by atoms with Crippen LogP contribution in [0, 0.1) is 17.5 Å². The molecule has 2 rings (SSSR count). The SMILES string of the molecule is O=C(c1cc(F)c(F)c(O)c1F)N1CCCC1CO. The first kappa shape index (κ1) is 13.7. The quantitative estimate of drug-likeness (QED) is 0.802. The molecular formula is C12H12F3NO3. The Morgan fingerprint density at radius 1 is 1.37 bits per heavy atom. The molecular weight excluding hydrogens is 263 g/mol. The molecule has 1 amide bonds. The minimum absolute atomic E-state index is 0.289. The van der Waals surface area contributed by atoms with E-state index in [1.165, 1.54) is 4.90 Å². The average Bonchev–Trinajstić information content (AvgIpc) is 2.88. The van der Waals surface area contributed by atoms with Gasteiger partial charge in [-0.25, -0.2) is 8.78 Å². The number of carbonyl (C=O) groups is 1. The summed E-state index contributed by atoms with van der Waals surface area (Å²) in [6.07, 6.45) is 1.19. The monoisotopic (exact) mass is 275 g/mol. The van der Waals surface area contributed by atoms with E-state index in [2.05, 4.69) is 0 Å². The van der Waals surface area contributed by atoms with E-state index < -0.39 is 40.7 Å². The van der Waals surface area contributed by atoms with E-state index in [1.807, 2.05) is 0 Å². The van der Waals surface area contributed by atoms with E-state index >= 15 is 0 Å². The predicted octanol–water partition coefficient (Wildman–Crippen LogP) is 1.41. The number of amides is 1. The Bertz CT molecular complexity index is 521. The Kier molecular flexibility index (Phi) is 3.66. The van der Waals surface area contributed by atoms with Crippen molar-refractivity contribution in [1.82, 2.24) is 4.90 Å². The Morgan fingerprint density at radius 3 is 2.68 bits per heavy atom. The average molecular weight is 275 g/mol. The van der Waals surface area contributed by atoms with Crippen LogP contribution in [0.5, 0.6) is 5.75 Å². The number of aromatic hydroxyl groups is 1. The molecule has 1 unspecified atom stereocenters. The maximum Gasteiger partial charge on any atom is 0.257 e. The Hall–Kier alpha value is -1.76. The van der Waals surface area contributed by atoms with Crippen molar-refractivity contribution in [1.29, 1.82) is 0 Å². The van der Waals surface area contributed by atoms with Gasteiger partial charge in [-0.15, -0.1) is 0 Å². The molecule has 0 bridgehead atoms. The third-order valence-corrected chi connectivity index (χ3v) is 3.21. The van der Waals surface area contributed by atoms with Gasteiger partial charge in [0.2, 0.25) is 5.82 Å². The maximum atomic E-state index is 13.6. The van der Waals surface area contributed by atoms with Crippen molar-refractivity contribution in [2.75, 3.05) is 13.2 Å². The fourth-order valence-corrected chi connectivity index (χ4v) is 2.19. The van der Waals surface area contributed by atoms with Crippen LogP contribution in [0.2, 0.25) is 0 Å². The van der Waals surface area contributed by atoms with Gasteiger partial charge in [0.1, 0.15) is 0 Å². The number of phenolic OH excluding ortho intramolecular Hbond substituents is 1. The minimum Gasteiger partial charge on any atom is -0.503 e. The Morgan fingerprint density at radius 2 is 2.05 bits per heavy atom.